The van der Waals surface area contributed by atoms with E-state index in [1.165, 1.54) is 0 Å². The van der Waals surface area contributed by atoms with E-state index in [1.54, 1.807) is 0 Å². The number of ether oxygens (including phenoxy) is 2. The summed E-state index contributed by atoms with van der Waals surface area (Å²) in [5, 5.41) is 12.0. The van der Waals surface area contributed by atoms with Gasteiger partial charge in [-0.1, -0.05) is 13.8 Å². The number of benzene rings is 1. The Kier molecular flexibility index (Phi) is 5.29. The minimum Gasteiger partial charge on any atom is -0.494 e. The second-order valence-corrected chi connectivity index (χ2v) is 4.27. The van der Waals surface area contributed by atoms with Crippen LogP contribution in [0.3, 0.4) is 0 Å². The van der Waals surface area contributed by atoms with Gasteiger partial charge in [-0.05, 0) is 37.5 Å². The van der Waals surface area contributed by atoms with E-state index >= 15 is 0 Å². The molecule has 0 spiro atoms. The molecule has 0 aliphatic rings. The summed E-state index contributed by atoms with van der Waals surface area (Å²) >= 11 is 0. The van der Waals surface area contributed by atoms with E-state index in [9.17, 15) is 5.11 Å². The predicted molar refractivity (Wildman–Crippen MR) is 67.0 cm³/mol. The van der Waals surface area contributed by atoms with E-state index in [-0.39, 0.29) is 5.92 Å². The van der Waals surface area contributed by atoms with Gasteiger partial charge in [-0.3, -0.25) is 0 Å². The highest BCUT2D eigenvalue weighted by Gasteiger charge is 2.16. The summed E-state index contributed by atoms with van der Waals surface area (Å²) in [5.74, 6) is 1.46. The smallest absolute Gasteiger partial charge is 0.123 e. The van der Waals surface area contributed by atoms with E-state index in [4.69, 9.17) is 9.47 Å². The Bertz CT molecular complexity index is 323. The van der Waals surface area contributed by atoms with Crippen LogP contribution in [0.15, 0.2) is 18.2 Å². The molecule has 3 nitrogen and oxygen atoms in total. The van der Waals surface area contributed by atoms with Crippen molar-refractivity contribution in [2.45, 2.75) is 33.8 Å². The van der Waals surface area contributed by atoms with Crippen LogP contribution in [0.1, 0.15) is 39.4 Å². The van der Waals surface area contributed by atoms with E-state index < -0.39 is 6.10 Å². The van der Waals surface area contributed by atoms with Crippen molar-refractivity contribution in [3.63, 3.8) is 0 Å². The average Bonchev–Trinajstić information content (AvgIpc) is 2.28. The van der Waals surface area contributed by atoms with Crippen molar-refractivity contribution < 1.29 is 14.6 Å². The van der Waals surface area contributed by atoms with E-state index in [2.05, 4.69) is 0 Å². The average molecular weight is 237 g/mol. The molecule has 17 heavy (non-hydrogen) atoms. The first-order valence-electron chi connectivity index (χ1n) is 6.14. The molecule has 3 heteroatoms. The van der Waals surface area contributed by atoms with Gasteiger partial charge >= 0.3 is 0 Å². The second-order valence-electron chi connectivity index (χ2n) is 4.27. The van der Waals surface area contributed by atoms with Crippen LogP contribution in [0.25, 0.3) is 0 Å². The maximum Gasteiger partial charge on any atom is 0.123 e. The van der Waals surface area contributed by atoms with Gasteiger partial charge < -0.3 is 9.47 Å². The van der Waals surface area contributed by atoms with Crippen molar-refractivity contribution in [1.82, 2.24) is 0 Å². The van der Waals surface area contributed by atoms with Crippen LogP contribution in [0.2, 0.25) is 0 Å². The lowest BCUT2D eigenvalue weighted by Crippen LogP contribution is -2.05. The molecule has 0 fully saturated rings. The molecule has 0 aliphatic carbocycles. The monoisotopic (exact) mass is 237 g/mol. The Morgan fingerprint density at radius 1 is 1.00 bits per heavy atom. The molecule has 0 aliphatic heterocycles. The third kappa shape index (κ3) is 3.93. The molecule has 95 valence electrons. The summed E-state index contributed by atoms with van der Waals surface area (Å²) in [6.45, 7) is 8.85. The van der Waals surface area contributed by atoms with Gasteiger partial charge in [-0.2, -0.15) is 0 Å². The van der Waals surface area contributed by atoms with E-state index in [0.29, 0.717) is 24.7 Å². The summed E-state index contributed by atoms with van der Waals surface area (Å²) in [7, 11) is 0. The quantitative estimate of drug-likeness (QED) is 0.758. The van der Waals surface area contributed by atoms with Crippen molar-refractivity contribution in [1.29, 1.82) is 0 Å². The summed E-state index contributed by atoms with van der Waals surface area (Å²) in [6, 6.07) is 5.44. The summed E-state index contributed by atoms with van der Waals surface area (Å²) in [5.41, 5.74) is 0.731. The molecule has 0 aromatic heterocycles. The van der Waals surface area contributed by atoms with Crippen LogP contribution >= 0.6 is 0 Å². The van der Waals surface area contributed by atoms with Crippen molar-refractivity contribution in [2.75, 3.05) is 13.2 Å². The number of rotatable bonds is 6. The SMILES string of the molecule is CCOc1cc(OCC)cc(C([O])C(C)C)c1. The largest absolute Gasteiger partial charge is 0.494 e. The lowest BCUT2D eigenvalue weighted by molar-refractivity contribution is 0.0483. The highest BCUT2D eigenvalue weighted by molar-refractivity contribution is 5.39. The Labute approximate surface area is 103 Å². The molecule has 1 aromatic carbocycles. The van der Waals surface area contributed by atoms with E-state index in [1.807, 2.05) is 45.9 Å². The van der Waals surface area contributed by atoms with Gasteiger partial charge in [0.2, 0.25) is 0 Å². The lowest BCUT2D eigenvalue weighted by Gasteiger charge is -2.15. The third-order valence-electron chi connectivity index (χ3n) is 2.46. The zero-order valence-corrected chi connectivity index (χ0v) is 11.0. The van der Waals surface area contributed by atoms with Gasteiger partial charge in [0.05, 0.1) is 13.2 Å². The van der Waals surface area contributed by atoms with Crippen molar-refractivity contribution in [3.8, 4) is 11.5 Å². The summed E-state index contributed by atoms with van der Waals surface area (Å²) in [6.07, 6.45) is -0.741. The molecule has 1 unspecified atom stereocenters. The van der Waals surface area contributed by atoms with Gasteiger partial charge in [-0.25, -0.2) is 5.11 Å². The van der Waals surface area contributed by atoms with Gasteiger partial charge in [0.15, 0.2) is 0 Å². The molecular formula is C14H21O3. The summed E-state index contributed by atoms with van der Waals surface area (Å²) in [4.78, 5) is 0. The zero-order chi connectivity index (χ0) is 12.8. The first-order valence-corrected chi connectivity index (χ1v) is 6.14. The molecule has 1 rings (SSSR count). The number of hydrogen-bond donors (Lipinski definition) is 0. The fourth-order valence-corrected chi connectivity index (χ4v) is 1.64. The van der Waals surface area contributed by atoms with Crippen LogP contribution < -0.4 is 9.47 Å². The minimum absolute atomic E-state index is 0.0568. The molecule has 0 saturated heterocycles. The van der Waals surface area contributed by atoms with Crippen molar-refractivity contribution in [3.05, 3.63) is 23.8 Å². The summed E-state index contributed by atoms with van der Waals surface area (Å²) < 4.78 is 10.9. The van der Waals surface area contributed by atoms with Gasteiger partial charge in [0.25, 0.3) is 0 Å². The molecule has 1 atom stereocenters. The van der Waals surface area contributed by atoms with Crippen LogP contribution in [0, 0.1) is 5.92 Å². The first-order chi connectivity index (χ1) is 8.08. The van der Waals surface area contributed by atoms with Crippen LogP contribution in [0.4, 0.5) is 0 Å². The van der Waals surface area contributed by atoms with Gasteiger partial charge in [0, 0.05) is 6.07 Å². The lowest BCUT2D eigenvalue weighted by atomic mass is 9.99. The molecule has 0 bridgehead atoms. The normalized spacial score (nSPS) is 12.6. The van der Waals surface area contributed by atoms with Crippen LogP contribution in [0.5, 0.6) is 11.5 Å². The van der Waals surface area contributed by atoms with Crippen LogP contribution in [-0.2, 0) is 5.11 Å². The van der Waals surface area contributed by atoms with Gasteiger partial charge in [0.1, 0.15) is 17.6 Å². The van der Waals surface area contributed by atoms with Gasteiger partial charge in [-0.15, -0.1) is 0 Å². The molecular weight excluding hydrogens is 216 g/mol. The zero-order valence-electron chi connectivity index (χ0n) is 11.0. The maximum atomic E-state index is 12.0. The molecule has 0 heterocycles. The first kappa shape index (κ1) is 13.8. The van der Waals surface area contributed by atoms with Crippen LogP contribution in [-0.4, -0.2) is 13.2 Å². The Hall–Kier alpha value is -1.22. The number of hydrogen-bond acceptors (Lipinski definition) is 2. The highest BCUT2D eigenvalue weighted by Crippen LogP contribution is 2.30. The fourth-order valence-electron chi connectivity index (χ4n) is 1.64. The Balaban J connectivity index is 3.02. The predicted octanol–water partition coefficient (Wildman–Crippen LogP) is 3.61. The highest BCUT2D eigenvalue weighted by atomic mass is 16.5. The molecule has 1 aromatic rings. The Morgan fingerprint density at radius 3 is 1.82 bits per heavy atom. The van der Waals surface area contributed by atoms with Crippen molar-refractivity contribution >= 4 is 0 Å². The standard InChI is InChI=1S/C14H21O3/c1-5-16-12-7-11(14(15)10(3)4)8-13(9-12)17-6-2/h7-10,14H,5-6H2,1-4H3. The van der Waals surface area contributed by atoms with E-state index in [0.717, 1.165) is 5.56 Å². The fraction of sp³-hybridized carbons (Fsp3) is 0.571. The Morgan fingerprint density at radius 2 is 1.47 bits per heavy atom. The third-order valence-corrected chi connectivity index (χ3v) is 2.46. The molecule has 0 amide bonds. The van der Waals surface area contributed by atoms with Crippen molar-refractivity contribution in [2.24, 2.45) is 5.92 Å². The minimum atomic E-state index is -0.741. The molecule has 0 saturated carbocycles. The topological polar surface area (TPSA) is 38.4 Å². The molecule has 0 N–H and O–H groups in total. The maximum absolute atomic E-state index is 12.0. The molecule has 1 radical (unpaired) electrons. The second kappa shape index (κ2) is 6.50.